The second-order valence-electron chi connectivity index (χ2n) is 6.87. The van der Waals surface area contributed by atoms with E-state index < -0.39 is 0 Å². The number of hydrogen-bond donors (Lipinski definition) is 1. The lowest BCUT2D eigenvalue weighted by Crippen LogP contribution is -2.34. The summed E-state index contributed by atoms with van der Waals surface area (Å²) in [5, 5.41) is 8.05. The molecule has 0 bridgehead atoms. The molecule has 4 aromatic rings. The zero-order valence-electron chi connectivity index (χ0n) is 16.3. The highest BCUT2D eigenvalue weighted by Gasteiger charge is 2.16. The van der Waals surface area contributed by atoms with Crippen molar-refractivity contribution in [2.24, 2.45) is 0 Å². The number of carbonyl (C=O) groups is 1. The van der Waals surface area contributed by atoms with Gasteiger partial charge in [-0.3, -0.25) is 9.59 Å². The van der Waals surface area contributed by atoms with E-state index in [-0.39, 0.29) is 23.6 Å². The van der Waals surface area contributed by atoms with Gasteiger partial charge in [0.2, 0.25) is 4.96 Å². The van der Waals surface area contributed by atoms with Gasteiger partial charge in [-0.2, -0.15) is 5.10 Å². The Hall–Kier alpha value is -3.26. The Kier molecular flexibility index (Phi) is 5.26. The van der Waals surface area contributed by atoms with Gasteiger partial charge in [0.15, 0.2) is 0 Å². The summed E-state index contributed by atoms with van der Waals surface area (Å²) >= 11 is 1.49. The largest absolute Gasteiger partial charge is 0.346 e. The molecule has 1 amide bonds. The first-order chi connectivity index (χ1) is 14.0. The minimum Gasteiger partial charge on any atom is -0.346 e. The minimum absolute atomic E-state index is 0.176. The van der Waals surface area contributed by atoms with Crippen LogP contribution in [0.1, 0.15) is 32.2 Å². The molecule has 0 aliphatic rings. The van der Waals surface area contributed by atoms with E-state index in [4.69, 9.17) is 0 Å². The maximum Gasteiger partial charge on any atom is 0.263 e. The molecule has 0 atom stereocenters. The van der Waals surface area contributed by atoms with Crippen molar-refractivity contribution in [1.29, 1.82) is 0 Å². The topological polar surface area (TPSA) is 81.3 Å². The number of imidazole rings is 1. The molecule has 29 heavy (non-hydrogen) atoms. The van der Waals surface area contributed by atoms with E-state index in [9.17, 15) is 9.59 Å². The van der Waals surface area contributed by atoms with Gasteiger partial charge in [0.05, 0.1) is 18.4 Å². The second kappa shape index (κ2) is 8.00. The van der Waals surface area contributed by atoms with E-state index in [1.807, 2.05) is 37.3 Å². The summed E-state index contributed by atoms with van der Waals surface area (Å²) < 4.78 is 3.29. The summed E-state index contributed by atoms with van der Waals surface area (Å²) in [4.78, 5) is 30.8. The summed E-state index contributed by atoms with van der Waals surface area (Å²) in [6, 6.07) is 11.8. The number of aryl methyl sites for hydroxylation is 4. The molecule has 0 unspecified atom stereocenters. The number of carbonyl (C=O) groups excluding carboxylic acids is 1. The Morgan fingerprint density at radius 1 is 1.17 bits per heavy atom. The summed E-state index contributed by atoms with van der Waals surface area (Å²) in [6.45, 7) is 4.45. The van der Waals surface area contributed by atoms with E-state index in [1.54, 1.807) is 34.5 Å². The van der Waals surface area contributed by atoms with Crippen molar-refractivity contribution in [1.82, 2.24) is 24.5 Å². The monoisotopic (exact) mass is 407 g/mol. The number of nitrogens with zero attached hydrogens (tertiary/aromatic N) is 4. The number of nitrogens with one attached hydrogen (secondary N) is 1. The third-order valence-corrected chi connectivity index (χ3v) is 5.55. The van der Waals surface area contributed by atoms with Crippen LogP contribution in [0.3, 0.4) is 0 Å². The third-order valence-electron chi connectivity index (χ3n) is 4.71. The maximum absolute atomic E-state index is 12.9. The summed E-state index contributed by atoms with van der Waals surface area (Å²) in [7, 11) is 0. The molecule has 148 valence electrons. The van der Waals surface area contributed by atoms with Crippen LogP contribution < -0.4 is 10.9 Å². The number of rotatable bonds is 6. The number of benzene rings is 1. The number of amides is 1. The van der Waals surface area contributed by atoms with Crippen molar-refractivity contribution in [3.63, 3.8) is 0 Å². The first-order valence-corrected chi connectivity index (χ1v) is 10.2. The third kappa shape index (κ3) is 4.12. The summed E-state index contributed by atoms with van der Waals surface area (Å²) in [6.07, 6.45) is 4.26. The van der Waals surface area contributed by atoms with Crippen LogP contribution in [0.2, 0.25) is 0 Å². The first-order valence-electron chi connectivity index (χ1n) is 9.35. The molecule has 0 spiro atoms. The minimum atomic E-state index is -0.387. The van der Waals surface area contributed by atoms with Crippen molar-refractivity contribution in [3.8, 4) is 0 Å². The first kappa shape index (κ1) is 19.1. The van der Waals surface area contributed by atoms with Gasteiger partial charge in [-0.1, -0.05) is 41.7 Å². The van der Waals surface area contributed by atoms with Gasteiger partial charge in [-0.25, -0.2) is 9.50 Å². The molecule has 8 heteroatoms. The van der Waals surface area contributed by atoms with E-state index in [1.165, 1.54) is 11.3 Å². The molecule has 0 aliphatic heterocycles. The molecule has 0 saturated heterocycles. The fourth-order valence-electron chi connectivity index (χ4n) is 3.20. The van der Waals surface area contributed by atoms with E-state index in [2.05, 4.69) is 15.4 Å². The van der Waals surface area contributed by atoms with Crippen molar-refractivity contribution in [2.45, 2.75) is 33.4 Å². The zero-order valence-corrected chi connectivity index (χ0v) is 17.1. The zero-order chi connectivity index (χ0) is 20.4. The van der Waals surface area contributed by atoms with Gasteiger partial charge >= 0.3 is 0 Å². The van der Waals surface area contributed by atoms with Gasteiger partial charge in [-0.15, -0.1) is 0 Å². The van der Waals surface area contributed by atoms with Crippen LogP contribution in [0.25, 0.3) is 4.96 Å². The van der Waals surface area contributed by atoms with Crippen LogP contribution in [0.15, 0.2) is 53.6 Å². The van der Waals surface area contributed by atoms with Gasteiger partial charge in [-0.05, 0) is 37.5 Å². The van der Waals surface area contributed by atoms with Crippen molar-refractivity contribution < 1.29 is 4.79 Å². The predicted molar refractivity (Wildman–Crippen MR) is 112 cm³/mol. The summed E-state index contributed by atoms with van der Waals surface area (Å²) in [5.41, 5.74) is 2.41. The maximum atomic E-state index is 12.9. The fraction of sp³-hybridized carbons (Fsp3) is 0.238. The lowest BCUT2D eigenvalue weighted by atomic mass is 10.1. The van der Waals surface area contributed by atoms with Gasteiger partial charge < -0.3 is 9.88 Å². The van der Waals surface area contributed by atoms with Crippen LogP contribution in [0.4, 0.5) is 0 Å². The van der Waals surface area contributed by atoms with Crippen molar-refractivity contribution in [3.05, 3.63) is 86.5 Å². The van der Waals surface area contributed by atoms with Crippen LogP contribution in [-0.2, 0) is 19.5 Å². The quantitative estimate of drug-likeness (QED) is 0.533. The molecule has 0 fully saturated rings. The average Bonchev–Trinajstić information content (AvgIpc) is 3.23. The SMILES string of the molecule is Cc1nn2cc(CNC(=O)c3c(C)ccn(CCc4ccccc4)c3=O)nc2s1. The molecule has 1 aromatic carbocycles. The smallest absolute Gasteiger partial charge is 0.263 e. The van der Waals surface area contributed by atoms with Crippen LogP contribution in [-0.4, -0.2) is 25.1 Å². The fourth-order valence-corrected chi connectivity index (χ4v) is 3.94. The summed E-state index contributed by atoms with van der Waals surface area (Å²) in [5.74, 6) is -0.387. The van der Waals surface area contributed by atoms with E-state index >= 15 is 0 Å². The van der Waals surface area contributed by atoms with Crippen LogP contribution >= 0.6 is 11.3 Å². The molecular weight excluding hydrogens is 386 g/mol. The lowest BCUT2D eigenvalue weighted by Gasteiger charge is -2.11. The average molecular weight is 407 g/mol. The second-order valence-corrected chi connectivity index (χ2v) is 8.03. The number of pyridine rings is 1. The predicted octanol–water partition coefficient (Wildman–Crippen LogP) is 2.74. The molecule has 0 radical (unpaired) electrons. The Labute approximate surface area is 171 Å². The van der Waals surface area contributed by atoms with Crippen molar-refractivity contribution >= 4 is 22.2 Å². The lowest BCUT2D eigenvalue weighted by molar-refractivity contribution is 0.0947. The van der Waals surface area contributed by atoms with E-state index in [0.717, 1.165) is 22.0 Å². The molecule has 3 aromatic heterocycles. The standard InChI is InChI=1S/C21H21N5O2S/c1-14-8-10-25(11-9-16-6-4-3-5-7-16)20(28)18(14)19(27)22-12-17-13-26-21(23-17)29-15(2)24-26/h3-8,10,13H,9,11-12H2,1-2H3,(H,22,27). The molecule has 0 saturated carbocycles. The number of fused-ring (bicyclic) bond motifs is 1. The van der Waals surface area contributed by atoms with Crippen molar-refractivity contribution in [2.75, 3.05) is 0 Å². The van der Waals surface area contributed by atoms with Gasteiger partial charge in [0.25, 0.3) is 11.5 Å². The molecule has 0 aliphatic carbocycles. The molecule has 1 N–H and O–H groups in total. The highest BCUT2D eigenvalue weighted by atomic mass is 32.1. The molecule has 4 rings (SSSR count). The highest BCUT2D eigenvalue weighted by molar-refractivity contribution is 7.16. The Balaban J connectivity index is 1.48. The van der Waals surface area contributed by atoms with Gasteiger partial charge in [0.1, 0.15) is 10.6 Å². The van der Waals surface area contributed by atoms with Crippen LogP contribution in [0, 0.1) is 13.8 Å². The normalized spacial score (nSPS) is 11.1. The molecule has 7 nitrogen and oxygen atoms in total. The van der Waals surface area contributed by atoms with E-state index in [0.29, 0.717) is 17.8 Å². The Morgan fingerprint density at radius 3 is 2.72 bits per heavy atom. The highest BCUT2D eigenvalue weighted by Crippen LogP contribution is 2.13. The molecule has 3 heterocycles. The Bertz CT molecular complexity index is 1190. The number of aromatic nitrogens is 4. The van der Waals surface area contributed by atoms with Gasteiger partial charge in [0, 0.05) is 12.7 Å². The van der Waals surface area contributed by atoms with Crippen LogP contribution in [0.5, 0.6) is 0 Å². The molecular formula is C21H21N5O2S. The Morgan fingerprint density at radius 2 is 1.97 bits per heavy atom. The number of hydrogen-bond acceptors (Lipinski definition) is 5.